The highest BCUT2D eigenvalue weighted by Crippen LogP contribution is 2.56. The number of hydrogen-bond donors (Lipinski definition) is 9. The first-order valence-corrected chi connectivity index (χ1v) is 33.4. The van der Waals surface area contributed by atoms with Crippen molar-refractivity contribution in [2.45, 2.75) is 172 Å². The maximum atomic E-state index is 10.6. The van der Waals surface area contributed by atoms with Gasteiger partial charge in [0, 0.05) is 50.0 Å². The van der Waals surface area contributed by atoms with Crippen LogP contribution >= 0.6 is 0 Å². The molecule has 1 heterocycles. The summed E-state index contributed by atoms with van der Waals surface area (Å²) in [7, 11) is 0. The number of fused-ring (bicyclic) bond motifs is 3. The molecule has 0 fully saturated rings. The lowest BCUT2D eigenvalue weighted by molar-refractivity contribution is 0.0582. The minimum absolute atomic E-state index is 0.0285. The van der Waals surface area contributed by atoms with Gasteiger partial charge >= 0.3 is 0 Å². The third-order valence-corrected chi connectivity index (χ3v) is 21.4. The monoisotopic (exact) mass is 1300 g/mol. The molecule has 3 unspecified atom stereocenters. The summed E-state index contributed by atoms with van der Waals surface area (Å²) in [6.07, 6.45) is 2.81. The number of benzene rings is 10. The highest BCUT2D eigenvalue weighted by molar-refractivity contribution is 5.58. The van der Waals surface area contributed by atoms with Crippen molar-refractivity contribution in [1.29, 1.82) is 0 Å². The van der Waals surface area contributed by atoms with Crippen molar-refractivity contribution < 1.29 is 50.7 Å². The fourth-order valence-electron chi connectivity index (χ4n) is 15.8. The van der Waals surface area contributed by atoms with Crippen LogP contribution in [0.4, 0.5) is 0 Å². The van der Waals surface area contributed by atoms with Crippen LogP contribution < -0.4 is 4.74 Å². The maximum Gasteiger partial charge on any atom is 0.124 e. The van der Waals surface area contributed by atoms with Crippen molar-refractivity contribution in [2.75, 3.05) is 0 Å². The molecule has 2 aliphatic carbocycles. The second kappa shape index (κ2) is 25.6. The summed E-state index contributed by atoms with van der Waals surface area (Å²) in [5, 5.41) is 87.8. The highest BCUT2D eigenvalue weighted by atomic mass is 16.5. The molecule has 10 heteroatoms. The first-order chi connectivity index (χ1) is 45.3. The van der Waals surface area contributed by atoms with E-state index in [0.29, 0.717) is 17.2 Å². The van der Waals surface area contributed by atoms with Gasteiger partial charge in [-0.25, -0.2) is 0 Å². The lowest BCUT2D eigenvalue weighted by Gasteiger charge is -2.45. The average molecular weight is 1300 g/mol. The largest absolute Gasteiger partial charge is 0.508 e. The van der Waals surface area contributed by atoms with Crippen LogP contribution in [0.1, 0.15) is 201 Å². The molecule has 3 aliphatic rings. The van der Waals surface area contributed by atoms with Gasteiger partial charge in [-0.2, -0.15) is 0 Å². The molecular formula is C87H96O10. The van der Waals surface area contributed by atoms with E-state index in [4.69, 9.17) is 4.74 Å². The molecule has 13 rings (SSSR count). The van der Waals surface area contributed by atoms with E-state index in [0.717, 1.165) is 64.0 Å². The van der Waals surface area contributed by atoms with Gasteiger partial charge in [0.15, 0.2) is 0 Å². The van der Waals surface area contributed by atoms with Gasteiger partial charge in [0.05, 0.1) is 0 Å². The van der Waals surface area contributed by atoms with E-state index in [9.17, 15) is 46.0 Å². The maximum absolute atomic E-state index is 10.6. The van der Waals surface area contributed by atoms with Gasteiger partial charge in [-0.15, -0.1) is 0 Å². The van der Waals surface area contributed by atoms with Crippen LogP contribution in [0.15, 0.2) is 218 Å². The fraction of sp³-hybridized carbons (Fsp3) is 0.310. The second-order valence-corrected chi connectivity index (χ2v) is 31.2. The zero-order valence-corrected chi connectivity index (χ0v) is 58.8. The number of phenols is 9. The van der Waals surface area contributed by atoms with Gasteiger partial charge < -0.3 is 50.7 Å². The van der Waals surface area contributed by atoms with E-state index in [1.807, 2.05) is 103 Å². The summed E-state index contributed by atoms with van der Waals surface area (Å²) in [5.41, 5.74) is 14.4. The van der Waals surface area contributed by atoms with Crippen LogP contribution in [0.25, 0.3) is 0 Å². The molecule has 3 atom stereocenters. The Morgan fingerprint density at radius 2 is 0.577 bits per heavy atom. The standard InChI is InChI=1S/C27H30O3.C24H26O3.2C18H20O2/c1-25(2)17-27(5,19-8-13-22(29)14-9-19)23-16-20(10-15-24(23)30-25)26(3,4)18-6-11-21(28)12-7-18;1-23(2,16-5-10-19(25)11-6-16)18-9-14-22(27)21(15-18)24(3,4)17-7-12-20(26)13-8-17;1-17(2)11-18(3,12-4-6-13(19)7-5-12)15-9-8-14(20)10-16(15)17;1-17(2)11-18(3,12-4-6-13(19)7-5-12)16-10-14(20)8-9-15(16)17/h6-16,28-29H,17H2,1-5H3;5-15,25-27H,1-4H3;2*4-10,19-20H,11H2,1-3H3. The van der Waals surface area contributed by atoms with E-state index in [-0.39, 0.29) is 78.0 Å². The Bertz CT molecular complexity index is 4450. The fourth-order valence-corrected chi connectivity index (χ4v) is 15.8. The predicted molar refractivity (Wildman–Crippen MR) is 390 cm³/mol. The van der Waals surface area contributed by atoms with Crippen LogP contribution in [-0.4, -0.2) is 51.6 Å². The molecule has 0 saturated carbocycles. The number of hydrogen-bond acceptors (Lipinski definition) is 10. The van der Waals surface area contributed by atoms with Crippen LogP contribution in [0, 0.1) is 0 Å². The molecule has 10 aromatic carbocycles. The number of rotatable bonds is 9. The van der Waals surface area contributed by atoms with Crippen molar-refractivity contribution in [3.8, 4) is 57.5 Å². The quantitative estimate of drug-likeness (QED) is 0.0672. The Morgan fingerprint density at radius 1 is 0.268 bits per heavy atom. The van der Waals surface area contributed by atoms with Gasteiger partial charge in [0.25, 0.3) is 0 Å². The van der Waals surface area contributed by atoms with Crippen molar-refractivity contribution in [1.82, 2.24) is 0 Å². The number of aromatic hydroxyl groups is 9. The predicted octanol–water partition coefficient (Wildman–Crippen LogP) is 19.9. The summed E-state index contributed by atoms with van der Waals surface area (Å²) in [4.78, 5) is 0. The lowest BCUT2D eigenvalue weighted by Crippen LogP contribution is -2.43. The Balaban J connectivity index is 0.000000142. The molecule has 1 aliphatic heterocycles. The molecule has 0 bridgehead atoms. The Labute approximate surface area is 573 Å². The third kappa shape index (κ3) is 14.0. The topological polar surface area (TPSA) is 191 Å². The van der Waals surface area contributed by atoms with Gasteiger partial charge in [-0.3, -0.25) is 0 Å². The van der Waals surface area contributed by atoms with Gasteiger partial charge in [0.1, 0.15) is 63.1 Å². The average Bonchev–Trinajstić information content (AvgIpc) is 1.72. The first-order valence-electron chi connectivity index (χ1n) is 33.4. The van der Waals surface area contributed by atoms with E-state index in [2.05, 4.69) is 128 Å². The molecule has 10 nitrogen and oxygen atoms in total. The molecule has 504 valence electrons. The van der Waals surface area contributed by atoms with Crippen LogP contribution in [0.3, 0.4) is 0 Å². The molecule has 0 radical (unpaired) electrons. The molecule has 0 amide bonds. The number of phenolic OH excluding ortho intramolecular Hbond substituents is 9. The summed E-state index contributed by atoms with van der Waals surface area (Å²) >= 11 is 0. The van der Waals surface area contributed by atoms with E-state index < -0.39 is 5.41 Å². The van der Waals surface area contributed by atoms with Crippen molar-refractivity contribution in [3.63, 3.8) is 0 Å². The van der Waals surface area contributed by atoms with Gasteiger partial charge in [-0.05, 0) is 213 Å². The van der Waals surface area contributed by atoms with Gasteiger partial charge in [0.2, 0.25) is 0 Å². The zero-order chi connectivity index (χ0) is 70.6. The van der Waals surface area contributed by atoms with Crippen LogP contribution in [0.5, 0.6) is 57.5 Å². The molecule has 97 heavy (non-hydrogen) atoms. The second-order valence-electron chi connectivity index (χ2n) is 31.2. The molecule has 0 saturated heterocycles. The van der Waals surface area contributed by atoms with E-state index >= 15 is 0 Å². The molecule has 0 spiro atoms. The summed E-state index contributed by atoms with van der Waals surface area (Å²) in [6.45, 7) is 32.7. The van der Waals surface area contributed by atoms with Crippen molar-refractivity contribution >= 4 is 0 Å². The number of ether oxygens (including phenoxy) is 1. The molecule has 10 aromatic rings. The smallest absolute Gasteiger partial charge is 0.124 e. The van der Waals surface area contributed by atoms with Crippen molar-refractivity contribution in [3.05, 3.63) is 296 Å². The zero-order valence-electron chi connectivity index (χ0n) is 58.8. The van der Waals surface area contributed by atoms with Crippen LogP contribution in [-0.2, 0) is 43.3 Å². The lowest BCUT2D eigenvalue weighted by atomic mass is 9.66. The van der Waals surface area contributed by atoms with Crippen molar-refractivity contribution in [2.24, 2.45) is 0 Å². The van der Waals surface area contributed by atoms with E-state index in [1.54, 1.807) is 91.0 Å². The third-order valence-electron chi connectivity index (χ3n) is 21.4. The SMILES string of the molecule is CC(C)(c1ccc(O)cc1)c1ccc(O)c(C(C)(C)c2ccc(O)cc2)c1.CC1(C)CC(C)(c2ccc(O)cc2)c2cc(C(C)(C)c3ccc(O)cc3)ccc2O1.CC1(C)CC(C)(c2ccc(O)cc2)c2cc(O)ccc21.CC1(C)CC(C)(c2ccc(O)cc2)c2ccc(O)cc21. The molecule has 0 aromatic heterocycles. The Kier molecular flexibility index (Phi) is 18.5. The minimum Gasteiger partial charge on any atom is -0.508 e. The Hall–Kier alpha value is -9.80. The molecule has 9 N–H and O–H groups in total. The normalized spacial score (nSPS) is 19.4. The molecular weight excluding hydrogens is 1200 g/mol. The summed E-state index contributed by atoms with van der Waals surface area (Å²) in [6, 6.07) is 67.8. The summed E-state index contributed by atoms with van der Waals surface area (Å²) < 4.78 is 6.37. The van der Waals surface area contributed by atoms with E-state index in [1.165, 1.54) is 38.9 Å². The summed E-state index contributed by atoms with van der Waals surface area (Å²) in [5.74, 6) is 3.39. The van der Waals surface area contributed by atoms with Gasteiger partial charge in [-0.1, -0.05) is 199 Å². The Morgan fingerprint density at radius 3 is 1.00 bits per heavy atom. The van der Waals surface area contributed by atoms with Crippen LogP contribution in [0.2, 0.25) is 0 Å². The highest BCUT2D eigenvalue weighted by Gasteiger charge is 2.48. The first kappa shape index (κ1) is 70.0. The minimum atomic E-state index is -0.432.